The van der Waals surface area contributed by atoms with Gasteiger partial charge in [-0.2, -0.15) is 5.10 Å². The van der Waals surface area contributed by atoms with Crippen molar-refractivity contribution in [1.82, 2.24) is 9.78 Å². The molecule has 0 aliphatic rings. The molecule has 0 saturated carbocycles. The van der Waals surface area contributed by atoms with E-state index in [0.29, 0.717) is 45.5 Å². The monoisotopic (exact) mass is 437 g/mol. The molecule has 0 amide bonds. The number of nitrogens with zero attached hydrogens (tertiary/aromatic N) is 3. The Morgan fingerprint density at radius 2 is 1.72 bits per heavy atom. The molecule has 4 rings (SSSR count). The fourth-order valence-corrected chi connectivity index (χ4v) is 3.65. The van der Waals surface area contributed by atoms with Crippen LogP contribution in [0.1, 0.15) is 11.1 Å². The van der Waals surface area contributed by atoms with Crippen molar-refractivity contribution < 1.29 is 28.6 Å². The maximum atomic E-state index is 10.1. The number of fused-ring (bicyclic) bond motifs is 1. The number of aryl methyl sites for hydroxylation is 1. The van der Waals surface area contributed by atoms with Gasteiger partial charge in [0.25, 0.3) is 0 Å². The van der Waals surface area contributed by atoms with Crippen LogP contribution in [-0.2, 0) is 7.05 Å². The van der Waals surface area contributed by atoms with Crippen molar-refractivity contribution in [2.75, 3.05) is 28.4 Å². The second kappa shape index (κ2) is 8.54. The van der Waals surface area contributed by atoms with Crippen LogP contribution in [-0.4, -0.2) is 49.1 Å². The van der Waals surface area contributed by atoms with E-state index in [4.69, 9.17) is 23.4 Å². The highest BCUT2D eigenvalue weighted by Crippen LogP contribution is 2.41. The molecule has 4 aromatic rings. The average Bonchev–Trinajstić information content (AvgIpc) is 3.41. The second-order valence-corrected chi connectivity index (χ2v) is 6.93. The third-order valence-electron chi connectivity index (χ3n) is 5.14. The highest BCUT2D eigenvalue weighted by molar-refractivity contribution is 6.22. The van der Waals surface area contributed by atoms with Crippen molar-refractivity contribution in [2.24, 2.45) is 12.2 Å². The van der Waals surface area contributed by atoms with Gasteiger partial charge in [-0.25, -0.2) is 0 Å². The first-order chi connectivity index (χ1) is 15.5. The molecule has 0 saturated heterocycles. The summed E-state index contributed by atoms with van der Waals surface area (Å²) in [5, 5.41) is 18.8. The lowest BCUT2D eigenvalue weighted by atomic mass is 9.97. The predicted octanol–water partition coefficient (Wildman–Crippen LogP) is 4.09. The molecule has 166 valence electrons. The summed E-state index contributed by atoms with van der Waals surface area (Å²) in [4.78, 5) is 0. The Bertz CT molecular complexity index is 1280. The van der Waals surface area contributed by atoms with Crippen molar-refractivity contribution in [3.05, 3.63) is 53.9 Å². The van der Waals surface area contributed by atoms with Crippen LogP contribution in [0.25, 0.3) is 22.3 Å². The molecule has 0 unspecified atom stereocenters. The molecule has 0 aliphatic heterocycles. The number of oxime groups is 1. The van der Waals surface area contributed by atoms with E-state index in [0.717, 1.165) is 10.9 Å². The SMILES string of the molecule is COc1ccc2c(C(=NO)c3cc(OC)c(OC)c(OC)c3)c(-c3cnn(C)c3)oc2c1. The normalized spacial score (nSPS) is 11.6. The van der Waals surface area contributed by atoms with Crippen molar-refractivity contribution in [1.29, 1.82) is 0 Å². The van der Waals surface area contributed by atoms with Gasteiger partial charge in [0.05, 0.1) is 45.8 Å². The Hall–Kier alpha value is -4.14. The van der Waals surface area contributed by atoms with Gasteiger partial charge in [0.1, 0.15) is 22.8 Å². The van der Waals surface area contributed by atoms with Gasteiger partial charge in [0, 0.05) is 30.3 Å². The number of benzene rings is 2. The predicted molar refractivity (Wildman–Crippen MR) is 118 cm³/mol. The molecule has 9 heteroatoms. The van der Waals surface area contributed by atoms with E-state index in [1.54, 1.807) is 36.2 Å². The molecular weight excluding hydrogens is 414 g/mol. The molecule has 0 aliphatic carbocycles. The van der Waals surface area contributed by atoms with E-state index in [9.17, 15) is 5.21 Å². The first-order valence-electron chi connectivity index (χ1n) is 9.67. The largest absolute Gasteiger partial charge is 0.497 e. The molecule has 0 spiro atoms. The van der Waals surface area contributed by atoms with Crippen molar-refractivity contribution in [3.63, 3.8) is 0 Å². The number of hydrogen-bond acceptors (Lipinski definition) is 8. The zero-order valence-electron chi connectivity index (χ0n) is 18.4. The van der Waals surface area contributed by atoms with Crippen molar-refractivity contribution in [3.8, 4) is 34.3 Å². The first-order valence-corrected chi connectivity index (χ1v) is 9.67. The fraction of sp³-hybridized carbons (Fsp3) is 0.217. The summed E-state index contributed by atoms with van der Waals surface area (Å²) in [6.07, 6.45) is 3.51. The minimum Gasteiger partial charge on any atom is -0.497 e. The number of rotatable bonds is 7. The molecule has 0 atom stereocenters. The quantitative estimate of drug-likeness (QED) is 0.264. The van der Waals surface area contributed by atoms with E-state index in [2.05, 4.69) is 10.3 Å². The van der Waals surface area contributed by atoms with Crippen molar-refractivity contribution >= 4 is 16.7 Å². The van der Waals surface area contributed by atoms with Crippen LogP contribution < -0.4 is 18.9 Å². The van der Waals surface area contributed by atoms with Crippen LogP contribution >= 0.6 is 0 Å². The fourth-order valence-electron chi connectivity index (χ4n) is 3.65. The minimum absolute atomic E-state index is 0.270. The summed E-state index contributed by atoms with van der Waals surface area (Å²) in [7, 11) is 7.98. The maximum Gasteiger partial charge on any atom is 0.203 e. The van der Waals surface area contributed by atoms with Crippen LogP contribution in [0.4, 0.5) is 0 Å². The Morgan fingerprint density at radius 1 is 1.00 bits per heavy atom. The van der Waals surface area contributed by atoms with Gasteiger partial charge >= 0.3 is 0 Å². The third kappa shape index (κ3) is 3.47. The van der Waals surface area contributed by atoms with E-state index in [-0.39, 0.29) is 5.71 Å². The summed E-state index contributed by atoms with van der Waals surface area (Å²) in [5.41, 5.74) is 2.71. The van der Waals surface area contributed by atoms with E-state index in [1.165, 1.54) is 21.3 Å². The number of aromatic nitrogens is 2. The summed E-state index contributed by atoms with van der Waals surface area (Å²) in [6.45, 7) is 0. The summed E-state index contributed by atoms with van der Waals surface area (Å²) >= 11 is 0. The zero-order chi connectivity index (χ0) is 22.8. The topological polar surface area (TPSA) is 100 Å². The van der Waals surface area contributed by atoms with Crippen LogP contribution in [0.5, 0.6) is 23.0 Å². The van der Waals surface area contributed by atoms with E-state index in [1.807, 2.05) is 25.4 Å². The van der Waals surface area contributed by atoms with Crippen LogP contribution in [0.15, 0.2) is 52.3 Å². The van der Waals surface area contributed by atoms with Gasteiger partial charge in [-0.15, -0.1) is 0 Å². The first kappa shape index (κ1) is 21.1. The van der Waals surface area contributed by atoms with Gasteiger partial charge in [0.2, 0.25) is 5.75 Å². The average molecular weight is 437 g/mol. The summed E-state index contributed by atoms with van der Waals surface area (Å²) in [5.74, 6) is 2.44. The highest BCUT2D eigenvalue weighted by atomic mass is 16.5. The Morgan fingerprint density at radius 3 is 2.25 bits per heavy atom. The van der Waals surface area contributed by atoms with Gasteiger partial charge in [-0.3, -0.25) is 4.68 Å². The van der Waals surface area contributed by atoms with Gasteiger partial charge in [0.15, 0.2) is 11.5 Å². The molecule has 0 bridgehead atoms. The lowest BCUT2D eigenvalue weighted by Crippen LogP contribution is -2.06. The molecule has 32 heavy (non-hydrogen) atoms. The van der Waals surface area contributed by atoms with Crippen LogP contribution in [0.2, 0.25) is 0 Å². The van der Waals surface area contributed by atoms with E-state index >= 15 is 0 Å². The smallest absolute Gasteiger partial charge is 0.203 e. The Kier molecular flexibility index (Phi) is 5.63. The number of methoxy groups -OCH3 is 4. The number of furan rings is 1. The molecule has 0 fully saturated rings. The van der Waals surface area contributed by atoms with Gasteiger partial charge < -0.3 is 28.6 Å². The molecular formula is C23H23N3O6. The molecule has 2 aromatic heterocycles. The summed E-state index contributed by atoms with van der Waals surface area (Å²) < 4.78 is 29.6. The third-order valence-corrected chi connectivity index (χ3v) is 5.14. The number of hydrogen-bond donors (Lipinski definition) is 1. The van der Waals surface area contributed by atoms with Crippen LogP contribution in [0.3, 0.4) is 0 Å². The minimum atomic E-state index is 0.270. The summed E-state index contributed by atoms with van der Waals surface area (Å²) in [6, 6.07) is 8.88. The lowest BCUT2D eigenvalue weighted by molar-refractivity contribution is 0.318. The molecule has 0 radical (unpaired) electrons. The lowest BCUT2D eigenvalue weighted by Gasteiger charge is -2.15. The highest BCUT2D eigenvalue weighted by Gasteiger charge is 2.26. The van der Waals surface area contributed by atoms with Crippen molar-refractivity contribution in [2.45, 2.75) is 0 Å². The molecule has 2 heterocycles. The zero-order valence-corrected chi connectivity index (χ0v) is 18.4. The van der Waals surface area contributed by atoms with E-state index < -0.39 is 0 Å². The molecule has 2 aromatic carbocycles. The van der Waals surface area contributed by atoms with Gasteiger partial charge in [-0.05, 0) is 24.3 Å². The molecule has 9 nitrogen and oxygen atoms in total. The Labute approximate surface area is 184 Å². The maximum absolute atomic E-state index is 10.1. The van der Waals surface area contributed by atoms with Crippen LogP contribution in [0, 0.1) is 0 Å². The Balaban J connectivity index is 2.01. The molecule has 1 N–H and O–H groups in total. The standard InChI is InChI=1S/C23H23N3O6/c1-26-12-14(11-24-26)22-20(16-7-6-15(28-2)10-17(16)32-22)21(25-27)13-8-18(29-3)23(31-5)19(9-13)30-4/h6-12,27H,1-5H3. The second-order valence-electron chi connectivity index (χ2n) is 6.93. The van der Waals surface area contributed by atoms with Gasteiger partial charge in [-0.1, -0.05) is 5.16 Å². The number of ether oxygens (including phenoxy) is 4.